The van der Waals surface area contributed by atoms with Crippen LogP contribution in [0.5, 0.6) is 0 Å². The predicted octanol–water partition coefficient (Wildman–Crippen LogP) is 3.49. The molecule has 2 aromatic rings. The zero-order chi connectivity index (χ0) is 13.1. The maximum absolute atomic E-state index is 5.37. The highest BCUT2D eigenvalue weighted by molar-refractivity contribution is 7.13. The normalized spacial score (nSPS) is 12.5. The van der Waals surface area contributed by atoms with Gasteiger partial charge in [0, 0.05) is 12.5 Å². The minimum Gasteiger partial charge on any atom is -0.333 e. The summed E-state index contributed by atoms with van der Waals surface area (Å²) < 4.78 is 5.37. The summed E-state index contributed by atoms with van der Waals surface area (Å²) in [5.41, 5.74) is 1.27. The smallest absolute Gasteiger partial charge is 0.268 e. The summed E-state index contributed by atoms with van der Waals surface area (Å²) in [5.74, 6) is 1.87. The molecule has 0 amide bonds. The second-order valence-electron chi connectivity index (χ2n) is 4.77. The third-order valence-electron chi connectivity index (χ3n) is 2.96. The topological polar surface area (TPSA) is 51.0 Å². The van der Waals surface area contributed by atoms with Gasteiger partial charge in [-0.1, -0.05) is 19.0 Å². The number of aromatic nitrogens is 2. The van der Waals surface area contributed by atoms with E-state index in [9.17, 15) is 0 Å². The highest BCUT2D eigenvalue weighted by atomic mass is 35.5. The van der Waals surface area contributed by atoms with Crippen molar-refractivity contribution in [2.75, 3.05) is 7.05 Å². The van der Waals surface area contributed by atoms with Gasteiger partial charge in [0.05, 0.1) is 4.88 Å². The first kappa shape index (κ1) is 16.1. The minimum absolute atomic E-state index is 0. The highest BCUT2D eigenvalue weighted by Crippen LogP contribution is 2.33. The molecular formula is C13H20ClN3OS. The lowest BCUT2D eigenvalue weighted by atomic mass is 10.0. The first-order valence-corrected chi connectivity index (χ1v) is 7.07. The number of hydrogen-bond donors (Lipinski definition) is 1. The van der Waals surface area contributed by atoms with Crippen LogP contribution in [-0.4, -0.2) is 23.2 Å². The molecule has 0 aliphatic rings. The van der Waals surface area contributed by atoms with Crippen LogP contribution >= 0.6 is 23.7 Å². The highest BCUT2D eigenvalue weighted by Gasteiger charge is 2.17. The Morgan fingerprint density at radius 1 is 1.37 bits per heavy atom. The first-order chi connectivity index (χ1) is 8.61. The summed E-state index contributed by atoms with van der Waals surface area (Å²) >= 11 is 1.66. The van der Waals surface area contributed by atoms with Crippen molar-refractivity contribution < 1.29 is 4.52 Å². The fraction of sp³-hybridized carbons (Fsp3) is 0.538. The molecule has 0 radical (unpaired) electrons. The molecule has 2 aromatic heterocycles. The number of nitrogens with one attached hydrogen (secondary N) is 1. The number of nitrogens with zero attached hydrogens (tertiary/aromatic N) is 2. The molecule has 0 fully saturated rings. The van der Waals surface area contributed by atoms with Crippen molar-refractivity contribution in [2.45, 2.75) is 39.2 Å². The lowest BCUT2D eigenvalue weighted by molar-refractivity contribution is 0.418. The maximum atomic E-state index is 5.37. The van der Waals surface area contributed by atoms with Crippen LogP contribution in [-0.2, 0) is 6.42 Å². The average Bonchev–Trinajstić information content (AvgIpc) is 2.95. The summed E-state index contributed by atoms with van der Waals surface area (Å²) in [4.78, 5) is 5.57. The van der Waals surface area contributed by atoms with Crippen molar-refractivity contribution in [3.05, 3.63) is 22.8 Å². The van der Waals surface area contributed by atoms with E-state index in [2.05, 4.69) is 47.7 Å². The van der Waals surface area contributed by atoms with Gasteiger partial charge in [0.25, 0.3) is 5.89 Å². The van der Waals surface area contributed by atoms with Gasteiger partial charge in [0.15, 0.2) is 5.82 Å². The molecule has 0 aliphatic heterocycles. The Balaban J connectivity index is 0.00000180. The second kappa shape index (κ2) is 7.03. The van der Waals surface area contributed by atoms with Gasteiger partial charge in [-0.2, -0.15) is 4.98 Å². The fourth-order valence-electron chi connectivity index (χ4n) is 1.75. The van der Waals surface area contributed by atoms with Crippen molar-refractivity contribution in [2.24, 2.45) is 0 Å². The van der Waals surface area contributed by atoms with E-state index in [1.165, 1.54) is 5.56 Å². The lowest BCUT2D eigenvalue weighted by Crippen LogP contribution is -2.24. The maximum Gasteiger partial charge on any atom is 0.268 e. The van der Waals surface area contributed by atoms with Gasteiger partial charge in [-0.15, -0.1) is 23.7 Å². The van der Waals surface area contributed by atoms with E-state index in [-0.39, 0.29) is 12.4 Å². The van der Waals surface area contributed by atoms with Crippen LogP contribution in [0.1, 0.15) is 38.1 Å². The van der Waals surface area contributed by atoms with Gasteiger partial charge in [0.2, 0.25) is 0 Å². The molecule has 106 valence electrons. The Kier molecular flexibility index (Phi) is 5.97. The molecule has 0 aliphatic carbocycles. The van der Waals surface area contributed by atoms with Crippen molar-refractivity contribution in [3.63, 3.8) is 0 Å². The molecule has 2 rings (SSSR count). The van der Waals surface area contributed by atoms with Gasteiger partial charge >= 0.3 is 0 Å². The van der Waals surface area contributed by atoms with Gasteiger partial charge < -0.3 is 9.84 Å². The molecule has 19 heavy (non-hydrogen) atoms. The Morgan fingerprint density at radius 3 is 2.74 bits per heavy atom. The number of rotatable bonds is 5. The van der Waals surface area contributed by atoms with Crippen LogP contribution in [0.2, 0.25) is 0 Å². The number of likely N-dealkylation sites (N-methyl/N-ethyl adjacent to an activating group) is 1. The first-order valence-electron chi connectivity index (χ1n) is 6.19. The molecule has 0 saturated carbocycles. The van der Waals surface area contributed by atoms with E-state index in [4.69, 9.17) is 4.52 Å². The van der Waals surface area contributed by atoms with Crippen molar-refractivity contribution >= 4 is 23.7 Å². The Labute approximate surface area is 124 Å². The largest absolute Gasteiger partial charge is 0.333 e. The quantitative estimate of drug-likeness (QED) is 0.918. The average molecular weight is 302 g/mol. The number of halogens is 1. The molecule has 0 bridgehead atoms. The van der Waals surface area contributed by atoms with Crippen molar-refractivity contribution in [1.82, 2.24) is 15.5 Å². The SMILES string of the molecule is CNC(C)Cc1noc(-c2sccc2C(C)C)n1.Cl. The summed E-state index contributed by atoms with van der Waals surface area (Å²) in [7, 11) is 1.93. The van der Waals surface area contributed by atoms with Crippen LogP contribution in [0.15, 0.2) is 16.0 Å². The van der Waals surface area contributed by atoms with E-state index in [1.807, 2.05) is 7.05 Å². The van der Waals surface area contributed by atoms with E-state index in [0.29, 0.717) is 17.9 Å². The van der Waals surface area contributed by atoms with Crippen LogP contribution in [0, 0.1) is 0 Å². The number of hydrogen-bond acceptors (Lipinski definition) is 5. The molecule has 2 heterocycles. The third-order valence-corrected chi connectivity index (χ3v) is 3.88. The Morgan fingerprint density at radius 2 is 2.11 bits per heavy atom. The van der Waals surface area contributed by atoms with Gasteiger partial charge in [-0.05, 0) is 36.9 Å². The van der Waals surface area contributed by atoms with Crippen molar-refractivity contribution in [1.29, 1.82) is 0 Å². The van der Waals surface area contributed by atoms with Gasteiger partial charge in [-0.3, -0.25) is 0 Å². The monoisotopic (exact) mass is 301 g/mol. The molecule has 1 N–H and O–H groups in total. The molecular weight excluding hydrogens is 282 g/mol. The fourth-order valence-corrected chi connectivity index (χ4v) is 2.73. The molecule has 4 nitrogen and oxygen atoms in total. The van der Waals surface area contributed by atoms with E-state index >= 15 is 0 Å². The predicted molar refractivity (Wildman–Crippen MR) is 81.2 cm³/mol. The Hall–Kier alpha value is -0.910. The van der Waals surface area contributed by atoms with Gasteiger partial charge in [0.1, 0.15) is 0 Å². The van der Waals surface area contributed by atoms with Crippen LogP contribution in [0.3, 0.4) is 0 Å². The zero-order valence-corrected chi connectivity index (χ0v) is 13.3. The molecule has 0 saturated heterocycles. The minimum atomic E-state index is 0. The zero-order valence-electron chi connectivity index (χ0n) is 11.6. The standard InChI is InChI=1S/C13H19N3OS.ClH/c1-8(2)10-5-6-18-12(10)13-15-11(16-17-13)7-9(3)14-4;/h5-6,8-9,14H,7H2,1-4H3;1H. The lowest BCUT2D eigenvalue weighted by Gasteiger charge is -2.05. The third kappa shape index (κ3) is 3.78. The van der Waals surface area contributed by atoms with Crippen LogP contribution in [0.4, 0.5) is 0 Å². The molecule has 1 atom stereocenters. The number of thiophene rings is 1. The van der Waals surface area contributed by atoms with Crippen LogP contribution in [0.25, 0.3) is 10.8 Å². The summed E-state index contributed by atoms with van der Waals surface area (Å²) in [6, 6.07) is 2.48. The van der Waals surface area contributed by atoms with E-state index < -0.39 is 0 Å². The summed E-state index contributed by atoms with van der Waals surface area (Å²) in [6.45, 7) is 6.44. The van der Waals surface area contributed by atoms with Crippen LogP contribution < -0.4 is 5.32 Å². The molecule has 0 aromatic carbocycles. The van der Waals surface area contributed by atoms with E-state index in [0.717, 1.165) is 17.1 Å². The van der Waals surface area contributed by atoms with Gasteiger partial charge in [-0.25, -0.2) is 0 Å². The summed E-state index contributed by atoms with van der Waals surface area (Å²) in [5, 5.41) is 9.28. The summed E-state index contributed by atoms with van der Waals surface area (Å²) in [6.07, 6.45) is 0.780. The van der Waals surface area contributed by atoms with Crippen molar-refractivity contribution in [3.8, 4) is 10.8 Å². The van der Waals surface area contributed by atoms with E-state index in [1.54, 1.807) is 11.3 Å². The molecule has 6 heteroatoms. The molecule has 1 unspecified atom stereocenters. The Bertz CT molecular complexity index is 509. The molecule has 0 spiro atoms. The second-order valence-corrected chi connectivity index (χ2v) is 5.69.